The molecule has 1 atom stereocenters. The van der Waals surface area contributed by atoms with Crippen LogP contribution in [0.2, 0.25) is 5.02 Å². The van der Waals surface area contributed by atoms with Crippen molar-refractivity contribution in [2.45, 2.75) is 19.9 Å². The lowest BCUT2D eigenvalue weighted by Gasteiger charge is -2.14. The van der Waals surface area contributed by atoms with Crippen molar-refractivity contribution in [2.24, 2.45) is 0 Å². The van der Waals surface area contributed by atoms with E-state index in [-0.39, 0.29) is 22.5 Å². The predicted molar refractivity (Wildman–Crippen MR) is 122 cm³/mol. The van der Waals surface area contributed by atoms with Crippen molar-refractivity contribution >= 4 is 45.7 Å². The van der Waals surface area contributed by atoms with Crippen molar-refractivity contribution in [3.8, 4) is 0 Å². The fourth-order valence-corrected chi connectivity index (χ4v) is 4.25. The number of methoxy groups -OCH3 is 1. The number of nitrogens with one attached hydrogen (secondary N) is 2. The lowest BCUT2D eigenvalue weighted by molar-refractivity contribution is 0.0601. The third-order valence-electron chi connectivity index (χ3n) is 4.72. The first-order valence-corrected chi connectivity index (χ1v) is 10.7. The molecule has 0 aliphatic heterocycles. The Balaban J connectivity index is 1.89. The topological polar surface area (TPSA) is 84.5 Å². The minimum atomic E-state index is -0.629. The summed E-state index contributed by atoms with van der Waals surface area (Å²) in [6.07, 6.45) is 0. The van der Waals surface area contributed by atoms with Crippen LogP contribution in [0.5, 0.6) is 0 Å². The standard InChI is InChI=1S/C23H21ClN2O4S/c1-13-18(23(29)30-3)22(26-20(27)16-9-11-17(24)12-10-16)31-19(13)21(28)25-14(2)15-7-5-4-6-8-15/h4-12,14H,1-3H3,(H,25,28)(H,26,27). The van der Waals surface area contributed by atoms with Crippen LogP contribution in [0.4, 0.5) is 5.00 Å². The van der Waals surface area contributed by atoms with Gasteiger partial charge in [0.15, 0.2) is 0 Å². The lowest BCUT2D eigenvalue weighted by Crippen LogP contribution is -2.26. The highest BCUT2D eigenvalue weighted by atomic mass is 35.5. The molecular weight excluding hydrogens is 436 g/mol. The highest BCUT2D eigenvalue weighted by Crippen LogP contribution is 2.34. The third kappa shape index (κ3) is 5.13. The first kappa shape index (κ1) is 22.5. The molecule has 1 aromatic heterocycles. The summed E-state index contributed by atoms with van der Waals surface area (Å²) >= 11 is 6.90. The zero-order chi connectivity index (χ0) is 22.5. The molecule has 3 aromatic rings. The molecule has 6 nitrogen and oxygen atoms in total. The normalized spacial score (nSPS) is 11.5. The molecule has 0 bridgehead atoms. The molecule has 160 valence electrons. The third-order valence-corrected chi connectivity index (χ3v) is 6.18. The minimum Gasteiger partial charge on any atom is -0.465 e. The van der Waals surface area contributed by atoms with E-state index in [0.717, 1.165) is 16.9 Å². The van der Waals surface area contributed by atoms with Gasteiger partial charge in [0.2, 0.25) is 0 Å². The quantitative estimate of drug-likeness (QED) is 0.497. The smallest absolute Gasteiger partial charge is 0.341 e. The summed E-state index contributed by atoms with van der Waals surface area (Å²) < 4.78 is 4.87. The van der Waals surface area contributed by atoms with Gasteiger partial charge in [-0.25, -0.2) is 4.79 Å². The number of hydrogen-bond donors (Lipinski definition) is 2. The molecule has 3 rings (SSSR count). The highest BCUT2D eigenvalue weighted by molar-refractivity contribution is 7.18. The molecule has 1 unspecified atom stereocenters. The van der Waals surface area contributed by atoms with Crippen LogP contribution < -0.4 is 10.6 Å². The van der Waals surface area contributed by atoms with Gasteiger partial charge in [0.1, 0.15) is 5.00 Å². The van der Waals surface area contributed by atoms with Crippen LogP contribution in [-0.4, -0.2) is 24.9 Å². The Bertz CT molecular complexity index is 1110. The lowest BCUT2D eigenvalue weighted by atomic mass is 10.1. The van der Waals surface area contributed by atoms with Crippen LogP contribution in [0, 0.1) is 6.92 Å². The predicted octanol–water partition coefficient (Wildman–Crippen LogP) is 5.24. The number of carbonyl (C=O) groups is 3. The maximum absolute atomic E-state index is 12.9. The zero-order valence-electron chi connectivity index (χ0n) is 17.2. The summed E-state index contributed by atoms with van der Waals surface area (Å²) in [4.78, 5) is 38.3. The molecule has 0 fully saturated rings. The summed E-state index contributed by atoms with van der Waals surface area (Å²) in [5.41, 5.74) is 1.93. The fraction of sp³-hybridized carbons (Fsp3) is 0.174. The van der Waals surface area contributed by atoms with Crippen molar-refractivity contribution < 1.29 is 19.1 Å². The second-order valence-corrected chi connectivity index (χ2v) is 8.28. The Morgan fingerprint density at radius 3 is 2.26 bits per heavy atom. The molecule has 0 aliphatic rings. The van der Waals surface area contributed by atoms with Crippen molar-refractivity contribution in [3.63, 3.8) is 0 Å². The number of halogens is 1. The molecule has 8 heteroatoms. The second-order valence-electron chi connectivity index (χ2n) is 6.82. The highest BCUT2D eigenvalue weighted by Gasteiger charge is 2.27. The van der Waals surface area contributed by atoms with Gasteiger partial charge < -0.3 is 15.4 Å². The number of anilines is 1. The number of carbonyl (C=O) groups excluding carboxylic acids is 3. The summed E-state index contributed by atoms with van der Waals surface area (Å²) in [6, 6.07) is 15.7. The zero-order valence-corrected chi connectivity index (χ0v) is 18.8. The molecule has 0 saturated heterocycles. The molecule has 0 spiro atoms. The van der Waals surface area contributed by atoms with E-state index in [1.165, 1.54) is 7.11 Å². The molecule has 0 saturated carbocycles. The van der Waals surface area contributed by atoms with Gasteiger partial charge in [0.25, 0.3) is 11.8 Å². The van der Waals surface area contributed by atoms with Crippen LogP contribution in [-0.2, 0) is 4.74 Å². The monoisotopic (exact) mass is 456 g/mol. The number of esters is 1. The van der Waals surface area contributed by atoms with E-state index in [2.05, 4.69) is 10.6 Å². The average molecular weight is 457 g/mol. The molecule has 0 aliphatic carbocycles. The molecule has 1 heterocycles. The van der Waals surface area contributed by atoms with Crippen LogP contribution in [0.15, 0.2) is 54.6 Å². The van der Waals surface area contributed by atoms with Crippen molar-refractivity contribution in [1.82, 2.24) is 5.32 Å². The summed E-state index contributed by atoms with van der Waals surface area (Å²) in [7, 11) is 1.25. The van der Waals surface area contributed by atoms with Gasteiger partial charge in [-0.05, 0) is 49.2 Å². The molecule has 2 aromatic carbocycles. The Morgan fingerprint density at radius 2 is 1.65 bits per heavy atom. The minimum absolute atomic E-state index is 0.160. The maximum atomic E-state index is 12.9. The van der Waals surface area contributed by atoms with Gasteiger partial charge >= 0.3 is 5.97 Å². The van der Waals surface area contributed by atoms with E-state index < -0.39 is 11.9 Å². The average Bonchev–Trinajstić information content (AvgIpc) is 3.10. The number of hydrogen-bond acceptors (Lipinski definition) is 5. The Morgan fingerprint density at radius 1 is 1.00 bits per heavy atom. The number of thiophene rings is 1. The van der Waals surface area contributed by atoms with Crippen LogP contribution in [0.3, 0.4) is 0 Å². The van der Waals surface area contributed by atoms with Crippen LogP contribution >= 0.6 is 22.9 Å². The van der Waals surface area contributed by atoms with E-state index >= 15 is 0 Å². The van der Waals surface area contributed by atoms with Gasteiger partial charge in [-0.2, -0.15) is 0 Å². The molecule has 2 amide bonds. The van der Waals surface area contributed by atoms with E-state index in [4.69, 9.17) is 16.3 Å². The van der Waals surface area contributed by atoms with Gasteiger partial charge in [0.05, 0.1) is 23.6 Å². The van der Waals surface area contributed by atoms with Gasteiger partial charge in [0, 0.05) is 10.6 Å². The number of rotatable bonds is 6. The Hall–Kier alpha value is -3.16. The van der Waals surface area contributed by atoms with Crippen molar-refractivity contribution in [1.29, 1.82) is 0 Å². The van der Waals surface area contributed by atoms with E-state index in [1.807, 2.05) is 37.3 Å². The van der Waals surface area contributed by atoms with Crippen molar-refractivity contribution in [2.75, 3.05) is 12.4 Å². The first-order valence-electron chi connectivity index (χ1n) is 9.46. The van der Waals surface area contributed by atoms with Gasteiger partial charge in [-0.3, -0.25) is 9.59 Å². The van der Waals surface area contributed by atoms with Crippen molar-refractivity contribution in [3.05, 3.63) is 86.8 Å². The van der Waals surface area contributed by atoms with E-state index in [9.17, 15) is 14.4 Å². The summed E-state index contributed by atoms with van der Waals surface area (Å²) in [6.45, 7) is 3.53. The number of amides is 2. The number of ether oxygens (including phenoxy) is 1. The SMILES string of the molecule is COC(=O)c1c(NC(=O)c2ccc(Cl)cc2)sc(C(=O)NC(C)c2ccccc2)c1C. The molecular formula is C23H21ClN2O4S. The molecule has 2 N–H and O–H groups in total. The molecule has 31 heavy (non-hydrogen) atoms. The van der Waals surface area contributed by atoms with E-state index in [1.54, 1.807) is 31.2 Å². The van der Waals surface area contributed by atoms with Crippen LogP contribution in [0.1, 0.15) is 54.5 Å². The second kappa shape index (κ2) is 9.76. The van der Waals surface area contributed by atoms with Gasteiger partial charge in [-0.1, -0.05) is 41.9 Å². The largest absolute Gasteiger partial charge is 0.465 e. The van der Waals surface area contributed by atoms with Gasteiger partial charge in [-0.15, -0.1) is 11.3 Å². The first-order chi connectivity index (χ1) is 14.8. The summed E-state index contributed by atoms with van der Waals surface area (Å²) in [5, 5.41) is 6.41. The van der Waals surface area contributed by atoms with E-state index in [0.29, 0.717) is 21.0 Å². The molecule has 0 radical (unpaired) electrons. The summed E-state index contributed by atoms with van der Waals surface area (Å²) in [5.74, 6) is -1.39. The Kier molecular flexibility index (Phi) is 7.09. The Labute approximate surface area is 189 Å². The maximum Gasteiger partial charge on any atom is 0.341 e. The number of benzene rings is 2. The van der Waals surface area contributed by atoms with Crippen LogP contribution in [0.25, 0.3) is 0 Å². The fourth-order valence-electron chi connectivity index (χ4n) is 3.03.